The summed E-state index contributed by atoms with van der Waals surface area (Å²) >= 11 is 0.975. The zero-order chi connectivity index (χ0) is 18.2. The number of alkyl halides is 2. The van der Waals surface area contributed by atoms with Crippen LogP contribution in [0.4, 0.5) is 13.2 Å². The van der Waals surface area contributed by atoms with E-state index in [1.165, 1.54) is 26.8 Å². The van der Waals surface area contributed by atoms with Gasteiger partial charge in [0.05, 0.1) is 0 Å². The molecule has 0 aliphatic carbocycles. The van der Waals surface area contributed by atoms with Gasteiger partial charge in [0.25, 0.3) is 0 Å². The number of carbonyl (C=O) groups is 1. The highest BCUT2D eigenvalue weighted by Crippen LogP contribution is 2.41. The first-order chi connectivity index (χ1) is 10.2. The average molecular weight is 416 g/mol. The van der Waals surface area contributed by atoms with Gasteiger partial charge in [0.1, 0.15) is 10.6 Å². The number of rotatable bonds is 5. The van der Waals surface area contributed by atoms with Gasteiger partial charge in [-0.15, -0.1) is 4.72 Å². The largest absolute Gasteiger partial charge is 0.598 e. The number of nitrogens with one attached hydrogen (secondary N) is 1. The van der Waals surface area contributed by atoms with Crippen LogP contribution in [0.25, 0.3) is 0 Å². The average Bonchev–Trinajstić information content (AvgIpc) is 2.39. The maximum Gasteiger partial charge on any atom is 0.377 e. The van der Waals surface area contributed by atoms with Crippen molar-refractivity contribution >= 4 is 33.3 Å². The molecule has 1 unspecified atom stereocenters. The molecule has 23 heavy (non-hydrogen) atoms. The Labute approximate surface area is 143 Å². The van der Waals surface area contributed by atoms with Gasteiger partial charge in [-0.05, 0) is 45.9 Å². The van der Waals surface area contributed by atoms with E-state index in [-0.39, 0.29) is 4.47 Å². The predicted octanol–water partition coefficient (Wildman–Crippen LogP) is 3.58. The van der Waals surface area contributed by atoms with Gasteiger partial charge in [-0.2, -0.15) is 8.78 Å². The second-order valence-electron chi connectivity index (χ2n) is 6.11. The van der Waals surface area contributed by atoms with Crippen molar-refractivity contribution in [1.82, 2.24) is 4.72 Å². The Balaban J connectivity index is 3.55. The topological polar surface area (TPSA) is 72.4 Å². The molecule has 1 aromatic carbocycles. The van der Waals surface area contributed by atoms with Gasteiger partial charge in [-0.25, -0.2) is 9.18 Å². The van der Waals surface area contributed by atoms with E-state index < -0.39 is 44.9 Å². The summed E-state index contributed by atoms with van der Waals surface area (Å²) in [6.45, 7) is 5.38. The molecular formula is C14H17BrF3NO3S. The zero-order valence-corrected chi connectivity index (χ0v) is 15.3. The minimum atomic E-state index is -4.41. The van der Waals surface area contributed by atoms with Crippen LogP contribution in [0.5, 0.6) is 0 Å². The first-order valence-electron chi connectivity index (χ1n) is 6.50. The first-order valence-corrected chi connectivity index (χ1v) is 8.44. The number of carboxylic acids is 1. The first kappa shape index (κ1) is 20.3. The molecule has 0 aromatic heterocycles. The Bertz CT molecular complexity index is 609. The highest BCUT2D eigenvalue weighted by atomic mass is 79.9. The predicted molar refractivity (Wildman–Crippen MR) is 85.1 cm³/mol. The molecule has 0 aliphatic heterocycles. The summed E-state index contributed by atoms with van der Waals surface area (Å²) < 4.78 is 56.5. The van der Waals surface area contributed by atoms with Gasteiger partial charge in [0.2, 0.25) is 0 Å². The van der Waals surface area contributed by atoms with Crippen molar-refractivity contribution in [3.8, 4) is 0 Å². The Morgan fingerprint density at radius 3 is 2.26 bits per heavy atom. The van der Waals surface area contributed by atoms with Crippen LogP contribution in [0.2, 0.25) is 0 Å². The van der Waals surface area contributed by atoms with Crippen LogP contribution in [0.15, 0.2) is 22.7 Å². The van der Waals surface area contributed by atoms with Crippen molar-refractivity contribution in [2.24, 2.45) is 0 Å². The molecule has 0 amide bonds. The molecule has 4 nitrogen and oxygen atoms in total. The molecule has 130 valence electrons. The van der Waals surface area contributed by atoms with Crippen molar-refractivity contribution in [1.29, 1.82) is 0 Å². The quantitative estimate of drug-likeness (QED) is 0.720. The smallest absolute Gasteiger partial charge is 0.377 e. The van der Waals surface area contributed by atoms with Crippen LogP contribution in [0, 0.1) is 5.82 Å². The van der Waals surface area contributed by atoms with Crippen LogP contribution in [-0.4, -0.2) is 26.3 Å². The highest BCUT2D eigenvalue weighted by molar-refractivity contribution is 9.10. The van der Waals surface area contributed by atoms with Gasteiger partial charge in [0, 0.05) is 21.4 Å². The van der Waals surface area contributed by atoms with E-state index in [1.54, 1.807) is 0 Å². The summed E-state index contributed by atoms with van der Waals surface area (Å²) in [7, 11) is 0. The van der Waals surface area contributed by atoms with Gasteiger partial charge >= 0.3 is 11.9 Å². The third-order valence-electron chi connectivity index (χ3n) is 3.22. The fraction of sp³-hybridized carbons (Fsp3) is 0.500. The zero-order valence-electron chi connectivity index (χ0n) is 12.9. The van der Waals surface area contributed by atoms with E-state index in [2.05, 4.69) is 20.7 Å². The van der Waals surface area contributed by atoms with Crippen LogP contribution < -0.4 is 4.72 Å². The second-order valence-corrected chi connectivity index (χ2v) is 8.99. The summed E-state index contributed by atoms with van der Waals surface area (Å²) in [5, 5.41) is 8.89. The monoisotopic (exact) mass is 415 g/mol. The molecule has 2 atom stereocenters. The van der Waals surface area contributed by atoms with Gasteiger partial charge in [-0.1, -0.05) is 15.9 Å². The number of benzene rings is 1. The lowest BCUT2D eigenvalue weighted by molar-refractivity contribution is -0.177. The summed E-state index contributed by atoms with van der Waals surface area (Å²) in [4.78, 5) is 11.0. The van der Waals surface area contributed by atoms with Gasteiger partial charge in [0.15, 0.2) is 5.54 Å². The van der Waals surface area contributed by atoms with E-state index in [0.29, 0.717) is 0 Å². The lowest BCUT2D eigenvalue weighted by atomic mass is 9.86. The Hall–Kier alpha value is -0.770. The van der Waals surface area contributed by atoms with E-state index >= 15 is 0 Å². The highest BCUT2D eigenvalue weighted by Gasteiger charge is 2.62. The summed E-state index contributed by atoms with van der Waals surface area (Å²) in [6, 6.07) is 3.26. The molecule has 0 heterocycles. The van der Waals surface area contributed by atoms with Crippen LogP contribution in [0.1, 0.15) is 33.3 Å². The van der Waals surface area contributed by atoms with Crippen molar-refractivity contribution < 1.29 is 27.6 Å². The molecule has 1 rings (SSSR count). The summed E-state index contributed by atoms with van der Waals surface area (Å²) in [6.07, 6.45) is 0. The fourth-order valence-corrected chi connectivity index (χ4v) is 3.00. The maximum atomic E-state index is 14.4. The molecule has 0 bridgehead atoms. The van der Waals surface area contributed by atoms with Gasteiger partial charge < -0.3 is 9.66 Å². The molecule has 0 radical (unpaired) electrons. The lowest BCUT2D eigenvalue weighted by Gasteiger charge is -2.38. The third-order valence-corrected chi connectivity index (χ3v) is 5.42. The minimum Gasteiger partial charge on any atom is -0.598 e. The Kier molecular flexibility index (Phi) is 5.83. The second kappa shape index (κ2) is 6.62. The van der Waals surface area contributed by atoms with Crippen molar-refractivity contribution in [3.05, 3.63) is 34.1 Å². The Morgan fingerprint density at radius 2 is 1.83 bits per heavy atom. The normalized spacial score (nSPS) is 16.7. The molecule has 2 N–H and O–H groups in total. The lowest BCUT2D eigenvalue weighted by Crippen LogP contribution is -2.61. The van der Waals surface area contributed by atoms with Crippen LogP contribution >= 0.6 is 15.9 Å². The number of carboxylic acid groups (broad SMARTS) is 1. The van der Waals surface area contributed by atoms with Crippen molar-refractivity contribution in [2.75, 3.05) is 0 Å². The standard InChI is InChI=1S/C14H17BrF3NO3S/c1-12(2,3)23(22)19-13(4,14(17,18)11(20)21)9-7-8(15)5-6-10(9)16/h5-7,19H,1-4H3,(H,20,21)/t13?,23-/m1/s1. The molecule has 1 aromatic rings. The molecule has 0 saturated heterocycles. The number of halogens is 4. The van der Waals surface area contributed by atoms with Crippen molar-refractivity contribution in [3.63, 3.8) is 0 Å². The summed E-state index contributed by atoms with van der Waals surface area (Å²) in [5.74, 6) is -7.89. The van der Waals surface area contributed by atoms with Crippen LogP contribution in [-0.2, 0) is 21.7 Å². The number of aliphatic carboxylic acids is 1. The van der Waals surface area contributed by atoms with Crippen molar-refractivity contribution in [2.45, 2.75) is 43.9 Å². The van der Waals surface area contributed by atoms with E-state index in [4.69, 9.17) is 5.11 Å². The number of hydrogen-bond acceptors (Lipinski definition) is 3. The molecular weight excluding hydrogens is 399 g/mol. The molecule has 0 aliphatic rings. The molecule has 0 saturated carbocycles. The third kappa shape index (κ3) is 4.01. The Morgan fingerprint density at radius 1 is 1.30 bits per heavy atom. The van der Waals surface area contributed by atoms with E-state index in [0.717, 1.165) is 19.1 Å². The minimum absolute atomic E-state index is 0.282. The SMILES string of the molecule is CC(C)(C)[S@@+]([O-])NC(C)(c1cc(Br)ccc1F)C(F)(F)C(=O)O. The molecule has 9 heteroatoms. The fourth-order valence-electron chi connectivity index (χ4n) is 1.72. The molecule has 0 spiro atoms. The van der Waals surface area contributed by atoms with E-state index in [9.17, 15) is 22.5 Å². The molecule has 0 fully saturated rings. The maximum absolute atomic E-state index is 14.4. The van der Waals surface area contributed by atoms with E-state index in [1.807, 2.05) is 0 Å². The summed E-state index contributed by atoms with van der Waals surface area (Å²) in [5.41, 5.74) is -3.32. The number of hydrogen-bond donors (Lipinski definition) is 2. The van der Waals surface area contributed by atoms with Gasteiger partial charge in [-0.3, -0.25) is 0 Å². The van der Waals surface area contributed by atoms with Crippen LogP contribution in [0.3, 0.4) is 0 Å².